The lowest BCUT2D eigenvalue weighted by atomic mass is 9.91. The molecule has 1 atom stereocenters. The van der Waals surface area contributed by atoms with Crippen LogP contribution in [0.25, 0.3) is 0 Å². The first-order valence-electron chi connectivity index (χ1n) is 6.95. The third-order valence-electron chi connectivity index (χ3n) is 3.06. The average Bonchev–Trinajstić information content (AvgIpc) is 2.28. The van der Waals surface area contributed by atoms with E-state index < -0.39 is 0 Å². The molecule has 1 N–H and O–H groups in total. The van der Waals surface area contributed by atoms with Crippen LogP contribution in [0.1, 0.15) is 39.7 Å². The van der Waals surface area contributed by atoms with E-state index >= 15 is 0 Å². The number of hydrogen-bond donors (Lipinski definition) is 1. The molecule has 1 aromatic rings. The van der Waals surface area contributed by atoms with E-state index in [0.717, 1.165) is 18.4 Å². The summed E-state index contributed by atoms with van der Waals surface area (Å²) in [5.74, 6) is 1.51. The molecule has 0 fully saturated rings. The Morgan fingerprint density at radius 1 is 1.06 bits per heavy atom. The highest BCUT2D eigenvalue weighted by molar-refractivity contribution is 14.1. The van der Waals surface area contributed by atoms with Crippen molar-refractivity contribution < 1.29 is 0 Å². The summed E-state index contributed by atoms with van der Waals surface area (Å²) in [5.41, 5.74) is 1.46. The molecule has 102 valence electrons. The van der Waals surface area contributed by atoms with Gasteiger partial charge in [-0.1, -0.05) is 39.8 Å². The predicted octanol–water partition coefficient (Wildman–Crippen LogP) is 4.49. The highest BCUT2D eigenvalue weighted by Gasteiger charge is 2.12. The van der Waals surface area contributed by atoms with Gasteiger partial charge in [0.25, 0.3) is 0 Å². The van der Waals surface area contributed by atoms with Gasteiger partial charge in [0.05, 0.1) is 0 Å². The molecular weight excluding hydrogens is 333 g/mol. The van der Waals surface area contributed by atoms with Gasteiger partial charge in [-0.05, 0) is 71.5 Å². The van der Waals surface area contributed by atoms with E-state index in [9.17, 15) is 0 Å². The van der Waals surface area contributed by atoms with Crippen LogP contribution in [0.4, 0.5) is 0 Å². The van der Waals surface area contributed by atoms with Crippen LogP contribution < -0.4 is 5.32 Å². The molecular formula is C16H26IN. The van der Waals surface area contributed by atoms with Crippen molar-refractivity contribution in [1.82, 2.24) is 5.32 Å². The van der Waals surface area contributed by atoms with Crippen LogP contribution in [0.15, 0.2) is 24.3 Å². The summed E-state index contributed by atoms with van der Waals surface area (Å²) in [4.78, 5) is 0. The normalized spacial score (nSPS) is 13.3. The van der Waals surface area contributed by atoms with Crippen LogP contribution in [0.5, 0.6) is 0 Å². The fourth-order valence-corrected chi connectivity index (χ4v) is 2.62. The molecule has 0 aliphatic rings. The molecule has 0 saturated heterocycles. The number of hydrogen-bond acceptors (Lipinski definition) is 1. The molecule has 1 rings (SSSR count). The van der Waals surface area contributed by atoms with E-state index in [2.05, 4.69) is 79.9 Å². The summed E-state index contributed by atoms with van der Waals surface area (Å²) in [7, 11) is 0. The van der Waals surface area contributed by atoms with E-state index in [0.29, 0.717) is 6.04 Å². The van der Waals surface area contributed by atoms with Gasteiger partial charge in [0, 0.05) is 9.61 Å². The smallest absolute Gasteiger partial charge is 0.0130 e. The summed E-state index contributed by atoms with van der Waals surface area (Å²) in [6, 6.07) is 9.53. The lowest BCUT2D eigenvalue weighted by Crippen LogP contribution is -2.30. The highest BCUT2D eigenvalue weighted by atomic mass is 127. The zero-order valence-corrected chi connectivity index (χ0v) is 14.2. The van der Waals surface area contributed by atoms with Crippen molar-refractivity contribution in [3.05, 3.63) is 33.4 Å². The van der Waals surface area contributed by atoms with E-state index in [1.165, 1.54) is 22.0 Å². The van der Waals surface area contributed by atoms with Crippen LogP contribution in [-0.2, 0) is 6.42 Å². The van der Waals surface area contributed by atoms with Crippen molar-refractivity contribution in [1.29, 1.82) is 0 Å². The Hall–Kier alpha value is -0.0900. The monoisotopic (exact) mass is 359 g/mol. The van der Waals surface area contributed by atoms with Gasteiger partial charge in [-0.2, -0.15) is 0 Å². The van der Waals surface area contributed by atoms with E-state index in [1.807, 2.05) is 0 Å². The second kappa shape index (κ2) is 8.16. The van der Waals surface area contributed by atoms with E-state index in [1.54, 1.807) is 0 Å². The maximum Gasteiger partial charge on any atom is 0.0130 e. The largest absolute Gasteiger partial charge is 0.314 e. The molecule has 0 amide bonds. The molecule has 18 heavy (non-hydrogen) atoms. The van der Waals surface area contributed by atoms with Crippen LogP contribution in [-0.4, -0.2) is 12.6 Å². The van der Waals surface area contributed by atoms with Crippen molar-refractivity contribution in [2.45, 2.75) is 46.6 Å². The number of rotatable bonds is 7. The van der Waals surface area contributed by atoms with Crippen molar-refractivity contribution in [2.75, 3.05) is 6.54 Å². The molecule has 0 saturated carbocycles. The lowest BCUT2D eigenvalue weighted by molar-refractivity contribution is 0.373. The molecule has 1 aromatic carbocycles. The van der Waals surface area contributed by atoms with Crippen LogP contribution in [0.2, 0.25) is 0 Å². The fraction of sp³-hybridized carbons (Fsp3) is 0.625. The summed E-state index contributed by atoms with van der Waals surface area (Å²) in [5, 5.41) is 3.58. The molecule has 2 heteroatoms. The van der Waals surface area contributed by atoms with Crippen molar-refractivity contribution >= 4 is 22.6 Å². The molecule has 0 aliphatic carbocycles. The molecule has 0 spiro atoms. The zero-order chi connectivity index (χ0) is 13.5. The topological polar surface area (TPSA) is 12.0 Å². The summed E-state index contributed by atoms with van der Waals surface area (Å²) in [6.07, 6.45) is 2.49. The minimum absolute atomic E-state index is 0.580. The molecule has 0 radical (unpaired) electrons. The Bertz CT molecular complexity index is 329. The summed E-state index contributed by atoms with van der Waals surface area (Å²) < 4.78 is 1.32. The van der Waals surface area contributed by atoms with Crippen molar-refractivity contribution in [3.63, 3.8) is 0 Å². The van der Waals surface area contributed by atoms with Crippen molar-refractivity contribution in [3.8, 4) is 0 Å². The molecule has 1 nitrogen and oxygen atoms in total. The van der Waals surface area contributed by atoms with Gasteiger partial charge in [-0.3, -0.25) is 0 Å². The first-order chi connectivity index (χ1) is 8.47. The van der Waals surface area contributed by atoms with Crippen molar-refractivity contribution in [2.24, 2.45) is 11.8 Å². The predicted molar refractivity (Wildman–Crippen MR) is 88.9 cm³/mol. The maximum absolute atomic E-state index is 3.58. The third kappa shape index (κ3) is 6.74. The Morgan fingerprint density at radius 2 is 1.67 bits per heavy atom. The summed E-state index contributed by atoms with van der Waals surface area (Å²) in [6.45, 7) is 10.2. The number of nitrogens with one attached hydrogen (secondary N) is 1. The Labute approximate surface area is 126 Å². The number of benzene rings is 1. The van der Waals surface area contributed by atoms with Gasteiger partial charge in [0.1, 0.15) is 0 Å². The molecule has 0 aromatic heterocycles. The number of halogens is 1. The standard InChI is InChI=1S/C16H26IN/c1-12(2)9-15(11-18-13(3)4)10-14-5-7-16(17)8-6-14/h5-8,12-13,15,18H,9-11H2,1-4H3. The van der Waals surface area contributed by atoms with Gasteiger partial charge >= 0.3 is 0 Å². The Morgan fingerprint density at radius 3 is 2.17 bits per heavy atom. The SMILES string of the molecule is CC(C)CC(CNC(C)C)Cc1ccc(I)cc1. The van der Waals surface area contributed by atoms with E-state index in [4.69, 9.17) is 0 Å². The van der Waals surface area contributed by atoms with E-state index in [-0.39, 0.29) is 0 Å². The first kappa shape index (κ1) is 16.0. The maximum atomic E-state index is 3.58. The zero-order valence-electron chi connectivity index (χ0n) is 12.0. The minimum Gasteiger partial charge on any atom is -0.314 e. The van der Waals surface area contributed by atoms with Crippen LogP contribution in [0, 0.1) is 15.4 Å². The average molecular weight is 359 g/mol. The molecule has 0 aliphatic heterocycles. The second-order valence-corrected chi connectivity index (χ2v) is 7.13. The van der Waals surface area contributed by atoms with Gasteiger partial charge in [0.2, 0.25) is 0 Å². The van der Waals surface area contributed by atoms with Gasteiger partial charge < -0.3 is 5.32 Å². The van der Waals surface area contributed by atoms with Gasteiger partial charge in [-0.15, -0.1) is 0 Å². The molecule has 0 bridgehead atoms. The highest BCUT2D eigenvalue weighted by Crippen LogP contribution is 2.18. The molecule has 0 heterocycles. The molecule has 1 unspecified atom stereocenters. The third-order valence-corrected chi connectivity index (χ3v) is 3.78. The summed E-state index contributed by atoms with van der Waals surface area (Å²) >= 11 is 2.36. The van der Waals surface area contributed by atoms with Gasteiger partial charge in [-0.25, -0.2) is 0 Å². The van der Waals surface area contributed by atoms with Crippen LogP contribution in [0.3, 0.4) is 0 Å². The fourth-order valence-electron chi connectivity index (χ4n) is 2.26. The quantitative estimate of drug-likeness (QED) is 0.707. The first-order valence-corrected chi connectivity index (χ1v) is 8.03. The minimum atomic E-state index is 0.580. The van der Waals surface area contributed by atoms with Crippen LogP contribution >= 0.6 is 22.6 Å². The Balaban J connectivity index is 2.56. The van der Waals surface area contributed by atoms with Gasteiger partial charge in [0.15, 0.2) is 0 Å². The Kier molecular flexibility index (Phi) is 7.23. The second-order valence-electron chi connectivity index (χ2n) is 5.89. The lowest BCUT2D eigenvalue weighted by Gasteiger charge is -2.21.